The molecule has 0 radical (unpaired) electrons. The Morgan fingerprint density at radius 2 is 1.93 bits per heavy atom. The number of aryl methyl sites for hydroxylation is 3. The topological polar surface area (TPSA) is 106 Å². The predicted molar refractivity (Wildman–Crippen MR) is 98.9 cm³/mol. The van der Waals surface area contributed by atoms with Gasteiger partial charge in [0.05, 0.1) is 18.1 Å². The summed E-state index contributed by atoms with van der Waals surface area (Å²) in [6.07, 6.45) is 0. The molecule has 146 valence electrons. The molecule has 27 heavy (non-hydrogen) atoms. The molecule has 2 aromatic rings. The molecule has 0 spiro atoms. The van der Waals surface area contributed by atoms with E-state index in [9.17, 15) is 13.2 Å². The van der Waals surface area contributed by atoms with Crippen LogP contribution in [0, 0.1) is 20.8 Å². The number of rotatable bonds is 5. The standard InChI is InChI=1S/C17H23N5O4S/c1-12-4-5-15(19-17(23)11-22-14(3)18-13(2)20-22)10-16(12)27(24,25)21-6-8-26-9-7-21/h4-5,10H,6-9,11H2,1-3H3,(H,19,23). The SMILES string of the molecule is Cc1nc(C)n(CC(=O)Nc2ccc(C)c(S(=O)(=O)N3CCOCC3)c2)n1. The second-order valence-electron chi connectivity index (χ2n) is 6.41. The Morgan fingerprint density at radius 1 is 1.22 bits per heavy atom. The Kier molecular flexibility index (Phi) is 5.59. The summed E-state index contributed by atoms with van der Waals surface area (Å²) in [5, 5.41) is 6.89. The van der Waals surface area contributed by atoms with E-state index in [1.807, 2.05) is 0 Å². The van der Waals surface area contributed by atoms with Crippen LogP contribution in [0.25, 0.3) is 0 Å². The smallest absolute Gasteiger partial charge is 0.246 e. The number of nitrogens with zero attached hydrogens (tertiary/aromatic N) is 4. The number of benzene rings is 1. The van der Waals surface area contributed by atoms with Crippen LogP contribution in [-0.2, 0) is 26.1 Å². The molecular formula is C17H23N5O4S. The zero-order valence-electron chi connectivity index (χ0n) is 15.6. The summed E-state index contributed by atoms with van der Waals surface area (Å²) in [6.45, 7) is 6.67. The number of aromatic nitrogens is 3. The fraction of sp³-hybridized carbons (Fsp3) is 0.471. The van der Waals surface area contributed by atoms with E-state index in [2.05, 4.69) is 15.4 Å². The van der Waals surface area contributed by atoms with E-state index in [-0.39, 0.29) is 17.3 Å². The summed E-state index contributed by atoms with van der Waals surface area (Å²) in [5.74, 6) is 0.929. The number of hydrogen-bond acceptors (Lipinski definition) is 6. The number of sulfonamides is 1. The molecule has 0 unspecified atom stereocenters. The van der Waals surface area contributed by atoms with Crippen molar-refractivity contribution in [2.24, 2.45) is 0 Å². The van der Waals surface area contributed by atoms with Crippen molar-refractivity contribution in [1.29, 1.82) is 0 Å². The van der Waals surface area contributed by atoms with E-state index in [1.165, 1.54) is 15.1 Å². The summed E-state index contributed by atoms with van der Waals surface area (Å²) in [6, 6.07) is 4.87. The molecule has 0 bridgehead atoms. The van der Waals surface area contributed by atoms with Crippen LogP contribution in [0.5, 0.6) is 0 Å². The fourth-order valence-corrected chi connectivity index (χ4v) is 4.59. The van der Waals surface area contributed by atoms with E-state index in [4.69, 9.17) is 4.74 Å². The van der Waals surface area contributed by atoms with Crippen molar-refractivity contribution in [3.05, 3.63) is 35.4 Å². The third kappa shape index (κ3) is 4.34. The zero-order chi connectivity index (χ0) is 19.6. The van der Waals surface area contributed by atoms with E-state index in [0.29, 0.717) is 49.2 Å². The monoisotopic (exact) mass is 393 g/mol. The van der Waals surface area contributed by atoms with Gasteiger partial charge in [-0.2, -0.15) is 9.40 Å². The van der Waals surface area contributed by atoms with Crippen LogP contribution in [0.1, 0.15) is 17.2 Å². The second-order valence-corrected chi connectivity index (χ2v) is 8.32. The van der Waals surface area contributed by atoms with Gasteiger partial charge in [-0.1, -0.05) is 6.07 Å². The van der Waals surface area contributed by atoms with Crippen LogP contribution in [0.4, 0.5) is 5.69 Å². The summed E-state index contributed by atoms with van der Waals surface area (Å²) >= 11 is 0. The molecule has 0 aliphatic carbocycles. The number of hydrogen-bond donors (Lipinski definition) is 1. The van der Waals surface area contributed by atoms with Gasteiger partial charge in [0.15, 0.2) is 0 Å². The van der Waals surface area contributed by atoms with Crippen molar-refractivity contribution in [3.8, 4) is 0 Å². The molecule has 1 N–H and O–H groups in total. The first-order valence-corrected chi connectivity index (χ1v) is 10.1. The summed E-state index contributed by atoms with van der Waals surface area (Å²) in [7, 11) is -3.64. The molecule has 10 heteroatoms. The average molecular weight is 393 g/mol. The van der Waals surface area contributed by atoms with Crippen LogP contribution in [-0.4, -0.2) is 59.7 Å². The lowest BCUT2D eigenvalue weighted by atomic mass is 10.2. The number of morpholine rings is 1. The van der Waals surface area contributed by atoms with Crippen molar-refractivity contribution in [3.63, 3.8) is 0 Å². The maximum Gasteiger partial charge on any atom is 0.246 e. The van der Waals surface area contributed by atoms with Gasteiger partial charge in [-0.3, -0.25) is 4.79 Å². The Balaban J connectivity index is 1.78. The Morgan fingerprint density at radius 3 is 2.56 bits per heavy atom. The van der Waals surface area contributed by atoms with Crippen molar-refractivity contribution in [2.75, 3.05) is 31.6 Å². The van der Waals surface area contributed by atoms with Crippen LogP contribution in [0.3, 0.4) is 0 Å². The number of carbonyl (C=O) groups is 1. The van der Waals surface area contributed by atoms with Crippen LogP contribution < -0.4 is 5.32 Å². The lowest BCUT2D eigenvalue weighted by Gasteiger charge is -2.26. The maximum atomic E-state index is 12.9. The molecule has 1 aromatic heterocycles. The zero-order valence-corrected chi connectivity index (χ0v) is 16.4. The van der Waals surface area contributed by atoms with Crippen LogP contribution in [0.15, 0.2) is 23.1 Å². The molecule has 0 atom stereocenters. The highest BCUT2D eigenvalue weighted by Gasteiger charge is 2.28. The Hall–Kier alpha value is -2.30. The normalized spacial score (nSPS) is 15.7. The van der Waals surface area contributed by atoms with Gasteiger partial charge in [0.2, 0.25) is 15.9 Å². The van der Waals surface area contributed by atoms with Crippen molar-refractivity contribution in [1.82, 2.24) is 19.1 Å². The van der Waals surface area contributed by atoms with Gasteiger partial charge in [0.25, 0.3) is 0 Å². The molecule has 1 aromatic carbocycles. The van der Waals surface area contributed by atoms with Crippen LogP contribution in [0.2, 0.25) is 0 Å². The fourth-order valence-electron chi connectivity index (χ4n) is 2.93. The third-order valence-corrected chi connectivity index (χ3v) is 6.36. The lowest BCUT2D eigenvalue weighted by molar-refractivity contribution is -0.116. The average Bonchev–Trinajstić information content (AvgIpc) is 2.94. The molecular weight excluding hydrogens is 370 g/mol. The molecule has 3 rings (SSSR count). The molecule has 1 amide bonds. The van der Waals surface area contributed by atoms with E-state index in [1.54, 1.807) is 32.9 Å². The second kappa shape index (κ2) is 7.75. The van der Waals surface area contributed by atoms with Crippen molar-refractivity contribution >= 4 is 21.6 Å². The molecule has 0 saturated carbocycles. The molecule has 1 fully saturated rings. The van der Waals surface area contributed by atoms with Gasteiger partial charge in [-0.15, -0.1) is 0 Å². The quantitative estimate of drug-likeness (QED) is 0.808. The van der Waals surface area contributed by atoms with E-state index in [0.717, 1.165) is 0 Å². The first kappa shape index (κ1) is 19.5. The molecule has 2 heterocycles. The number of nitrogens with one attached hydrogen (secondary N) is 1. The van der Waals surface area contributed by atoms with E-state index < -0.39 is 10.0 Å². The van der Waals surface area contributed by atoms with Gasteiger partial charge in [-0.05, 0) is 38.5 Å². The number of anilines is 1. The molecule has 9 nitrogen and oxygen atoms in total. The molecule has 1 saturated heterocycles. The largest absolute Gasteiger partial charge is 0.379 e. The minimum absolute atomic E-state index is 0.00605. The van der Waals surface area contributed by atoms with Gasteiger partial charge >= 0.3 is 0 Å². The summed E-state index contributed by atoms with van der Waals surface area (Å²) in [4.78, 5) is 16.7. The van der Waals surface area contributed by atoms with Crippen molar-refractivity contribution < 1.29 is 17.9 Å². The number of carbonyl (C=O) groups excluding carboxylic acids is 1. The van der Waals surface area contributed by atoms with Gasteiger partial charge < -0.3 is 10.1 Å². The van der Waals surface area contributed by atoms with Gasteiger partial charge in [0.1, 0.15) is 18.2 Å². The van der Waals surface area contributed by atoms with Crippen LogP contribution >= 0.6 is 0 Å². The van der Waals surface area contributed by atoms with Gasteiger partial charge in [-0.25, -0.2) is 18.1 Å². The maximum absolute atomic E-state index is 12.9. The third-order valence-electron chi connectivity index (χ3n) is 4.32. The minimum Gasteiger partial charge on any atom is -0.379 e. The number of ether oxygens (including phenoxy) is 1. The highest BCUT2D eigenvalue weighted by molar-refractivity contribution is 7.89. The minimum atomic E-state index is -3.64. The Bertz CT molecular complexity index is 948. The van der Waals surface area contributed by atoms with Crippen molar-refractivity contribution in [2.45, 2.75) is 32.2 Å². The van der Waals surface area contributed by atoms with E-state index >= 15 is 0 Å². The Labute approximate surface area is 158 Å². The first-order valence-electron chi connectivity index (χ1n) is 8.64. The highest BCUT2D eigenvalue weighted by Crippen LogP contribution is 2.24. The number of amides is 1. The highest BCUT2D eigenvalue weighted by atomic mass is 32.2. The first-order chi connectivity index (χ1) is 12.8. The lowest BCUT2D eigenvalue weighted by Crippen LogP contribution is -2.40. The molecule has 1 aliphatic heterocycles. The molecule has 1 aliphatic rings. The predicted octanol–water partition coefficient (Wildman–Crippen LogP) is 0.863. The summed E-state index contributed by atoms with van der Waals surface area (Å²) < 4.78 is 34.0. The van der Waals surface area contributed by atoms with Gasteiger partial charge in [0, 0.05) is 18.8 Å². The summed E-state index contributed by atoms with van der Waals surface area (Å²) in [5.41, 5.74) is 1.05.